The van der Waals surface area contributed by atoms with Crippen LogP contribution in [0.3, 0.4) is 0 Å². The fraction of sp³-hybridized carbons (Fsp3) is 0.500. The third kappa shape index (κ3) is 6.10. The Balaban J connectivity index is 1.86. The van der Waals surface area contributed by atoms with Crippen LogP contribution in [0.1, 0.15) is 50.5 Å². The van der Waals surface area contributed by atoms with Crippen LogP contribution in [0, 0.1) is 0 Å². The van der Waals surface area contributed by atoms with E-state index >= 15 is 0 Å². The van der Waals surface area contributed by atoms with Crippen LogP contribution in [0.4, 0.5) is 0 Å². The molecule has 2 rings (SSSR count). The number of benzene rings is 1. The summed E-state index contributed by atoms with van der Waals surface area (Å²) in [6.07, 6.45) is 8.53. The molecule has 114 valence electrons. The van der Waals surface area contributed by atoms with E-state index in [-0.39, 0.29) is 0 Å². The molecule has 0 saturated heterocycles. The number of thioether (sulfide) groups is 1. The molecular weight excluding hydrogens is 302 g/mol. The van der Waals surface area contributed by atoms with Gasteiger partial charge >= 0.3 is 0 Å². The lowest BCUT2D eigenvalue weighted by atomic mass is 9.99. The second-order valence-electron chi connectivity index (χ2n) is 5.25. The first kappa shape index (κ1) is 16.4. The summed E-state index contributed by atoms with van der Waals surface area (Å²) in [4.78, 5) is 0. The normalized spacial score (nSPS) is 17.2. The zero-order chi connectivity index (χ0) is 14.9. The van der Waals surface area contributed by atoms with E-state index in [0.717, 1.165) is 29.2 Å². The summed E-state index contributed by atoms with van der Waals surface area (Å²) in [7, 11) is 0. The molecule has 1 aliphatic rings. The molecule has 1 aliphatic carbocycles. The minimum absolute atomic E-state index is 0.504. The van der Waals surface area contributed by atoms with Crippen molar-refractivity contribution in [3.05, 3.63) is 34.9 Å². The largest absolute Gasteiger partial charge is 0.377 e. The van der Waals surface area contributed by atoms with Crippen molar-refractivity contribution in [2.45, 2.75) is 50.7 Å². The molecule has 3 nitrogen and oxygen atoms in total. The summed E-state index contributed by atoms with van der Waals surface area (Å²) < 4.78 is 0. The van der Waals surface area contributed by atoms with Crippen molar-refractivity contribution in [3.63, 3.8) is 0 Å². The first-order valence-corrected chi connectivity index (χ1v) is 8.87. The maximum Gasteiger partial charge on any atom is 0.180 e. The van der Waals surface area contributed by atoms with Crippen LogP contribution < -0.4 is 5.73 Å². The molecule has 1 fully saturated rings. The summed E-state index contributed by atoms with van der Waals surface area (Å²) in [5, 5.41) is 9.78. The SMILES string of the molecule is N/C(=N/N=C1CCCCCCC1)SCc1ccccc1Cl. The summed E-state index contributed by atoms with van der Waals surface area (Å²) in [5.74, 6) is 0.722. The first-order chi connectivity index (χ1) is 10.3. The molecule has 0 aliphatic heterocycles. The van der Waals surface area contributed by atoms with Gasteiger partial charge in [0.05, 0.1) is 0 Å². The van der Waals surface area contributed by atoms with Gasteiger partial charge in [0.15, 0.2) is 5.17 Å². The van der Waals surface area contributed by atoms with Crippen LogP contribution in [0.2, 0.25) is 5.02 Å². The Hall–Kier alpha value is -1.00. The third-order valence-corrected chi connectivity index (χ3v) is 4.76. The quantitative estimate of drug-likeness (QED) is 0.484. The highest BCUT2D eigenvalue weighted by Gasteiger charge is 2.05. The number of hydrogen-bond acceptors (Lipinski definition) is 3. The van der Waals surface area contributed by atoms with Gasteiger partial charge in [-0.25, -0.2) is 0 Å². The van der Waals surface area contributed by atoms with Crippen LogP contribution in [0.25, 0.3) is 0 Å². The Bertz CT molecular complexity index is 504. The van der Waals surface area contributed by atoms with Crippen LogP contribution in [-0.4, -0.2) is 10.9 Å². The lowest BCUT2D eigenvalue weighted by Gasteiger charge is -2.09. The predicted molar refractivity (Wildman–Crippen MR) is 94.1 cm³/mol. The second kappa shape index (κ2) is 9.11. The fourth-order valence-corrected chi connectivity index (χ4v) is 3.26. The van der Waals surface area contributed by atoms with E-state index in [4.69, 9.17) is 17.3 Å². The van der Waals surface area contributed by atoms with E-state index in [1.165, 1.54) is 49.6 Å². The standard InChI is InChI=1S/C16H22ClN3S/c17-15-11-7-6-8-13(15)12-21-16(18)20-19-14-9-4-2-1-3-5-10-14/h6-8,11H,1-5,9-10,12H2,(H2,18,20). The second-order valence-corrected chi connectivity index (χ2v) is 6.66. The molecule has 21 heavy (non-hydrogen) atoms. The smallest absolute Gasteiger partial charge is 0.180 e. The molecule has 1 saturated carbocycles. The molecule has 0 heterocycles. The van der Waals surface area contributed by atoms with Gasteiger partial charge in [0.2, 0.25) is 0 Å². The van der Waals surface area contributed by atoms with Gasteiger partial charge in [-0.3, -0.25) is 0 Å². The molecule has 0 atom stereocenters. The van der Waals surface area contributed by atoms with Gasteiger partial charge in [-0.1, -0.05) is 60.8 Å². The Morgan fingerprint density at radius 2 is 1.76 bits per heavy atom. The topological polar surface area (TPSA) is 50.7 Å². The predicted octanol–water partition coefficient (Wildman–Crippen LogP) is 4.99. The van der Waals surface area contributed by atoms with E-state index < -0.39 is 0 Å². The zero-order valence-corrected chi connectivity index (χ0v) is 13.8. The number of nitrogens with zero attached hydrogens (tertiary/aromatic N) is 2. The molecule has 5 heteroatoms. The molecule has 0 bridgehead atoms. The van der Waals surface area contributed by atoms with E-state index in [1.807, 2.05) is 24.3 Å². The summed E-state index contributed by atoms with van der Waals surface area (Å²) in [5.41, 5.74) is 8.18. The highest BCUT2D eigenvalue weighted by atomic mass is 35.5. The number of halogens is 1. The average molecular weight is 324 g/mol. The minimum Gasteiger partial charge on any atom is -0.377 e. The molecule has 0 amide bonds. The Morgan fingerprint density at radius 3 is 2.48 bits per heavy atom. The molecule has 0 aromatic heterocycles. The lowest BCUT2D eigenvalue weighted by molar-refractivity contribution is 0.605. The summed E-state index contributed by atoms with van der Waals surface area (Å²) >= 11 is 7.60. The average Bonchev–Trinajstić information content (AvgIpc) is 2.45. The third-order valence-electron chi connectivity index (χ3n) is 3.55. The number of rotatable bonds is 3. The molecule has 0 unspecified atom stereocenters. The van der Waals surface area contributed by atoms with Crippen molar-refractivity contribution in [1.82, 2.24) is 0 Å². The number of amidine groups is 1. The Morgan fingerprint density at radius 1 is 1.10 bits per heavy atom. The lowest BCUT2D eigenvalue weighted by Crippen LogP contribution is -2.07. The van der Waals surface area contributed by atoms with Gasteiger partial charge in [-0.2, -0.15) is 5.10 Å². The van der Waals surface area contributed by atoms with Crippen LogP contribution in [-0.2, 0) is 5.75 Å². The first-order valence-electron chi connectivity index (χ1n) is 7.51. The van der Waals surface area contributed by atoms with Crippen molar-refractivity contribution in [2.75, 3.05) is 0 Å². The monoisotopic (exact) mass is 323 g/mol. The van der Waals surface area contributed by atoms with Crippen molar-refractivity contribution in [3.8, 4) is 0 Å². The van der Waals surface area contributed by atoms with E-state index in [0.29, 0.717) is 5.17 Å². The van der Waals surface area contributed by atoms with Gasteiger partial charge < -0.3 is 5.73 Å². The van der Waals surface area contributed by atoms with Gasteiger partial charge in [0, 0.05) is 16.5 Å². The molecule has 1 aromatic rings. The Kier molecular flexibility index (Phi) is 7.10. The highest BCUT2D eigenvalue weighted by Crippen LogP contribution is 2.21. The molecule has 0 radical (unpaired) electrons. The van der Waals surface area contributed by atoms with E-state index in [2.05, 4.69) is 10.2 Å². The van der Waals surface area contributed by atoms with Gasteiger partial charge in [0.25, 0.3) is 0 Å². The summed E-state index contributed by atoms with van der Waals surface area (Å²) in [6.45, 7) is 0. The Labute approximate surface area is 136 Å². The van der Waals surface area contributed by atoms with Crippen molar-refractivity contribution in [2.24, 2.45) is 15.9 Å². The molecule has 1 aromatic carbocycles. The van der Waals surface area contributed by atoms with Crippen LogP contribution in [0.5, 0.6) is 0 Å². The van der Waals surface area contributed by atoms with Crippen LogP contribution >= 0.6 is 23.4 Å². The summed E-state index contributed by atoms with van der Waals surface area (Å²) in [6, 6.07) is 7.79. The van der Waals surface area contributed by atoms with Crippen molar-refractivity contribution < 1.29 is 0 Å². The maximum absolute atomic E-state index is 6.12. The molecular formula is C16H22ClN3S. The van der Waals surface area contributed by atoms with Crippen molar-refractivity contribution >= 4 is 34.2 Å². The number of hydrogen-bond donors (Lipinski definition) is 1. The highest BCUT2D eigenvalue weighted by molar-refractivity contribution is 8.13. The van der Waals surface area contributed by atoms with E-state index in [9.17, 15) is 0 Å². The number of nitrogens with two attached hydrogens (primary N) is 1. The van der Waals surface area contributed by atoms with Gasteiger partial charge in [0.1, 0.15) is 0 Å². The molecule has 2 N–H and O–H groups in total. The van der Waals surface area contributed by atoms with E-state index in [1.54, 1.807) is 0 Å². The van der Waals surface area contributed by atoms with Gasteiger partial charge in [-0.15, -0.1) is 5.10 Å². The maximum atomic E-state index is 6.12. The van der Waals surface area contributed by atoms with Gasteiger partial charge in [-0.05, 0) is 37.3 Å². The minimum atomic E-state index is 0.504. The van der Waals surface area contributed by atoms with Crippen LogP contribution in [0.15, 0.2) is 34.5 Å². The molecule has 0 spiro atoms. The van der Waals surface area contributed by atoms with Crippen molar-refractivity contribution in [1.29, 1.82) is 0 Å². The zero-order valence-electron chi connectivity index (χ0n) is 12.2. The fourth-order valence-electron chi connectivity index (χ4n) is 2.33.